The van der Waals surface area contributed by atoms with Gasteiger partial charge in [0, 0.05) is 12.8 Å². The van der Waals surface area contributed by atoms with Crippen LogP contribution in [-0.2, 0) is 29.0 Å². The number of benzene rings is 1. The van der Waals surface area contributed by atoms with Crippen molar-refractivity contribution in [1.29, 1.82) is 0 Å². The quantitative estimate of drug-likeness (QED) is 0.502. The Labute approximate surface area is 163 Å². The topological polar surface area (TPSA) is 103 Å². The van der Waals surface area contributed by atoms with Gasteiger partial charge in [-0.3, -0.25) is 9.59 Å². The molecule has 2 amide bonds. The van der Waals surface area contributed by atoms with Gasteiger partial charge in [0.1, 0.15) is 23.6 Å². The largest absolute Gasteiger partial charge is 0.504 e. The summed E-state index contributed by atoms with van der Waals surface area (Å²) in [6.07, 6.45) is 2.88. The van der Waals surface area contributed by atoms with Gasteiger partial charge in [-0.05, 0) is 36.2 Å². The number of hydrogen-bond donors (Lipinski definition) is 3. The van der Waals surface area contributed by atoms with Crippen LogP contribution in [0.1, 0.15) is 30.4 Å². The summed E-state index contributed by atoms with van der Waals surface area (Å²) >= 11 is 0. The number of hydrogen-bond acceptors (Lipinski definition) is 5. The maximum Gasteiger partial charge on any atom is 0.246 e. The molecule has 1 saturated heterocycles. The maximum absolute atomic E-state index is 13.0. The Morgan fingerprint density at radius 3 is 2.57 bits per heavy atom. The summed E-state index contributed by atoms with van der Waals surface area (Å²) in [7, 11) is 0. The zero-order valence-corrected chi connectivity index (χ0v) is 15.7. The fourth-order valence-corrected chi connectivity index (χ4v) is 3.33. The molecule has 2 unspecified atom stereocenters. The number of carbonyl (C=O) groups excluding carboxylic acids is 2. The summed E-state index contributed by atoms with van der Waals surface area (Å²) in [5.41, 5.74) is 0.629. The summed E-state index contributed by atoms with van der Waals surface area (Å²) in [5, 5.41) is 22.0. The van der Waals surface area contributed by atoms with Crippen molar-refractivity contribution in [3.8, 4) is 11.5 Å². The lowest BCUT2D eigenvalue weighted by Crippen LogP contribution is -2.63. The first kappa shape index (κ1) is 19.5. The number of carbonyl (C=O) groups is 2. The lowest BCUT2D eigenvalue weighted by atomic mass is 9.98. The molecule has 1 aromatic carbocycles. The van der Waals surface area contributed by atoms with Gasteiger partial charge >= 0.3 is 0 Å². The van der Waals surface area contributed by atoms with Crippen LogP contribution in [0, 0.1) is 0 Å². The molecule has 2 atom stereocenters. The molecular formula is C21H24N2O5. The average Bonchev–Trinajstić information content (AvgIpc) is 3.13. The molecule has 1 fully saturated rings. The fourth-order valence-electron chi connectivity index (χ4n) is 3.33. The van der Waals surface area contributed by atoms with E-state index in [0.29, 0.717) is 17.7 Å². The molecule has 7 heteroatoms. The SMILES string of the molecule is C=CCC1NC(=O)C(Cc2ccc(O)c(O)c2)N(Cc2ccc(CC)o2)C1=O. The van der Waals surface area contributed by atoms with E-state index in [1.165, 1.54) is 17.0 Å². The number of aryl methyl sites for hydroxylation is 1. The number of nitrogens with zero attached hydrogens (tertiary/aromatic N) is 1. The highest BCUT2D eigenvalue weighted by atomic mass is 16.3. The summed E-state index contributed by atoms with van der Waals surface area (Å²) < 4.78 is 5.73. The van der Waals surface area contributed by atoms with E-state index in [0.717, 1.165) is 12.2 Å². The van der Waals surface area contributed by atoms with E-state index in [1.807, 2.05) is 19.1 Å². The van der Waals surface area contributed by atoms with Gasteiger partial charge in [0.25, 0.3) is 0 Å². The number of nitrogens with one attached hydrogen (secondary N) is 1. The summed E-state index contributed by atoms with van der Waals surface area (Å²) in [5.74, 6) is 0.429. The molecule has 0 bridgehead atoms. The normalized spacial score (nSPS) is 19.5. The van der Waals surface area contributed by atoms with Crippen molar-refractivity contribution >= 4 is 11.8 Å². The molecule has 1 aliphatic heterocycles. The third kappa shape index (κ3) is 4.03. The monoisotopic (exact) mass is 384 g/mol. The van der Waals surface area contributed by atoms with E-state index in [9.17, 15) is 19.8 Å². The number of phenolic OH excluding ortho intramolecular Hbond substituents is 2. The van der Waals surface area contributed by atoms with E-state index in [-0.39, 0.29) is 36.3 Å². The molecule has 148 valence electrons. The summed E-state index contributed by atoms with van der Waals surface area (Å²) in [4.78, 5) is 27.3. The van der Waals surface area contributed by atoms with Gasteiger partial charge in [-0.25, -0.2) is 0 Å². The Bertz CT molecular complexity index is 889. The Kier molecular flexibility index (Phi) is 5.73. The smallest absolute Gasteiger partial charge is 0.246 e. The Balaban J connectivity index is 1.88. The maximum atomic E-state index is 13.0. The molecule has 7 nitrogen and oxygen atoms in total. The van der Waals surface area contributed by atoms with Crippen LogP contribution >= 0.6 is 0 Å². The number of amides is 2. The number of rotatable bonds is 7. The van der Waals surface area contributed by atoms with Gasteiger partial charge < -0.3 is 24.8 Å². The van der Waals surface area contributed by atoms with Crippen LogP contribution in [0.2, 0.25) is 0 Å². The first-order valence-corrected chi connectivity index (χ1v) is 9.23. The second kappa shape index (κ2) is 8.21. The van der Waals surface area contributed by atoms with Crippen LogP contribution in [-0.4, -0.2) is 39.0 Å². The van der Waals surface area contributed by atoms with Crippen LogP contribution in [0.25, 0.3) is 0 Å². The zero-order chi connectivity index (χ0) is 20.3. The molecule has 2 aromatic rings. The van der Waals surface area contributed by atoms with Crippen LogP contribution in [0.5, 0.6) is 11.5 Å². The third-order valence-corrected chi connectivity index (χ3v) is 4.84. The van der Waals surface area contributed by atoms with E-state index < -0.39 is 12.1 Å². The minimum atomic E-state index is -0.757. The molecule has 2 heterocycles. The first-order valence-electron chi connectivity index (χ1n) is 9.23. The van der Waals surface area contributed by atoms with Gasteiger partial charge in [0.05, 0.1) is 6.54 Å². The van der Waals surface area contributed by atoms with Crippen molar-refractivity contribution in [2.45, 2.75) is 44.8 Å². The van der Waals surface area contributed by atoms with Crippen LogP contribution < -0.4 is 5.32 Å². The molecule has 0 radical (unpaired) electrons. The van der Waals surface area contributed by atoms with Gasteiger partial charge in [-0.2, -0.15) is 0 Å². The molecule has 1 aromatic heterocycles. The molecule has 0 spiro atoms. The third-order valence-electron chi connectivity index (χ3n) is 4.84. The van der Waals surface area contributed by atoms with Gasteiger partial charge in [0.2, 0.25) is 11.8 Å². The lowest BCUT2D eigenvalue weighted by molar-refractivity contribution is -0.150. The predicted molar refractivity (Wildman–Crippen MR) is 103 cm³/mol. The highest BCUT2D eigenvalue weighted by molar-refractivity contribution is 5.97. The van der Waals surface area contributed by atoms with E-state index in [1.54, 1.807) is 12.1 Å². The van der Waals surface area contributed by atoms with Gasteiger partial charge in [-0.1, -0.05) is 19.1 Å². The number of piperazine rings is 1. The highest BCUT2D eigenvalue weighted by Gasteiger charge is 2.40. The first-order chi connectivity index (χ1) is 13.4. The standard InChI is InChI=1S/C21H24N2O5/c1-3-5-16-21(27)23(12-15-8-7-14(4-2)28-15)17(20(26)22-16)10-13-6-9-18(24)19(25)11-13/h3,6-9,11,16-17,24-25H,1,4-5,10,12H2,2H3,(H,22,26). The minimum absolute atomic E-state index is 0.175. The number of aromatic hydroxyl groups is 2. The Morgan fingerprint density at radius 2 is 1.93 bits per heavy atom. The Hall–Kier alpha value is -3.22. The molecule has 0 saturated carbocycles. The van der Waals surface area contributed by atoms with Gasteiger partial charge in [-0.15, -0.1) is 6.58 Å². The van der Waals surface area contributed by atoms with Crippen LogP contribution in [0.3, 0.4) is 0 Å². The van der Waals surface area contributed by atoms with Crippen molar-refractivity contribution < 1.29 is 24.2 Å². The van der Waals surface area contributed by atoms with E-state index in [2.05, 4.69) is 11.9 Å². The van der Waals surface area contributed by atoms with Crippen LogP contribution in [0.15, 0.2) is 47.4 Å². The fraction of sp³-hybridized carbons (Fsp3) is 0.333. The molecule has 28 heavy (non-hydrogen) atoms. The molecule has 0 aliphatic carbocycles. The lowest BCUT2D eigenvalue weighted by Gasteiger charge is -2.38. The molecule has 1 aliphatic rings. The second-order valence-corrected chi connectivity index (χ2v) is 6.82. The van der Waals surface area contributed by atoms with Crippen molar-refractivity contribution in [3.63, 3.8) is 0 Å². The second-order valence-electron chi connectivity index (χ2n) is 6.82. The molecule has 3 N–H and O–H groups in total. The number of phenols is 2. The number of furan rings is 1. The van der Waals surface area contributed by atoms with Gasteiger partial charge in [0.15, 0.2) is 11.5 Å². The minimum Gasteiger partial charge on any atom is -0.504 e. The van der Waals surface area contributed by atoms with E-state index >= 15 is 0 Å². The zero-order valence-electron chi connectivity index (χ0n) is 15.7. The van der Waals surface area contributed by atoms with E-state index in [4.69, 9.17) is 4.42 Å². The van der Waals surface area contributed by atoms with Crippen LogP contribution in [0.4, 0.5) is 0 Å². The molecule has 3 rings (SSSR count). The highest BCUT2D eigenvalue weighted by Crippen LogP contribution is 2.27. The average molecular weight is 384 g/mol. The van der Waals surface area contributed by atoms with Crippen molar-refractivity contribution in [3.05, 3.63) is 60.1 Å². The van der Waals surface area contributed by atoms with Crippen molar-refractivity contribution in [2.24, 2.45) is 0 Å². The molecular weight excluding hydrogens is 360 g/mol. The Morgan fingerprint density at radius 1 is 1.18 bits per heavy atom. The summed E-state index contributed by atoms with van der Waals surface area (Å²) in [6.45, 7) is 5.80. The van der Waals surface area contributed by atoms with Crippen molar-refractivity contribution in [1.82, 2.24) is 10.2 Å². The summed E-state index contributed by atoms with van der Waals surface area (Å²) in [6, 6.07) is 6.62. The van der Waals surface area contributed by atoms with Crippen molar-refractivity contribution in [2.75, 3.05) is 0 Å². The predicted octanol–water partition coefficient (Wildman–Crippen LogP) is 2.27.